The molecule has 1 aliphatic heterocycles. The van der Waals surface area contributed by atoms with Gasteiger partial charge >= 0.3 is 0 Å². The molecule has 1 unspecified atom stereocenters. The van der Waals surface area contributed by atoms with Crippen molar-refractivity contribution in [2.75, 3.05) is 31.0 Å². The number of sulfone groups is 1. The number of carbonyl (C=O) groups excluding carboxylic acids is 3. The second-order valence-electron chi connectivity index (χ2n) is 7.96. The highest BCUT2D eigenvalue weighted by Gasteiger charge is 2.43. The topological polar surface area (TPSA) is 119 Å². The van der Waals surface area contributed by atoms with Gasteiger partial charge in [0.25, 0.3) is 11.8 Å². The van der Waals surface area contributed by atoms with Gasteiger partial charge < -0.3 is 14.8 Å². The number of nitrogens with one attached hydrogen (secondary N) is 1. The summed E-state index contributed by atoms with van der Waals surface area (Å²) in [7, 11) is -2.13. The van der Waals surface area contributed by atoms with Crippen LogP contribution in [0.25, 0.3) is 0 Å². The molecule has 3 amide bonds. The Bertz CT molecular complexity index is 1220. The number of imide groups is 1. The quantitative estimate of drug-likeness (QED) is 0.510. The summed E-state index contributed by atoms with van der Waals surface area (Å²) < 4.78 is 35.5. The third-order valence-electron chi connectivity index (χ3n) is 5.34. The summed E-state index contributed by atoms with van der Waals surface area (Å²) in [6.07, 6.45) is 1.93. The van der Waals surface area contributed by atoms with E-state index in [2.05, 4.69) is 5.32 Å². The normalized spacial score (nSPS) is 14.1. The molecule has 2 aromatic carbocycles. The zero-order valence-electron chi connectivity index (χ0n) is 19.6. The summed E-state index contributed by atoms with van der Waals surface area (Å²) in [4.78, 5) is 40.0. The lowest BCUT2D eigenvalue weighted by Gasteiger charge is -2.27. The van der Waals surface area contributed by atoms with Crippen LogP contribution >= 0.6 is 0 Å². The molecule has 0 spiro atoms. The van der Waals surface area contributed by atoms with Gasteiger partial charge in [0.2, 0.25) is 5.91 Å². The molecule has 3 rings (SSSR count). The molecule has 1 heterocycles. The molecule has 0 radical (unpaired) electrons. The number of hydrogen-bond acceptors (Lipinski definition) is 7. The van der Waals surface area contributed by atoms with Gasteiger partial charge in [-0.2, -0.15) is 0 Å². The number of amides is 3. The summed E-state index contributed by atoms with van der Waals surface area (Å²) >= 11 is 0. The van der Waals surface area contributed by atoms with Crippen LogP contribution in [-0.4, -0.2) is 56.8 Å². The minimum atomic E-state index is -3.61. The van der Waals surface area contributed by atoms with E-state index < -0.39 is 33.4 Å². The Balaban J connectivity index is 2.09. The van der Waals surface area contributed by atoms with E-state index in [-0.39, 0.29) is 29.1 Å². The Morgan fingerprint density at radius 2 is 1.82 bits per heavy atom. The van der Waals surface area contributed by atoms with Gasteiger partial charge in [-0.25, -0.2) is 8.42 Å². The Kier molecular flexibility index (Phi) is 7.61. The highest BCUT2D eigenvalue weighted by molar-refractivity contribution is 7.90. The zero-order chi connectivity index (χ0) is 25.0. The zero-order valence-corrected chi connectivity index (χ0v) is 20.4. The first-order valence-corrected chi connectivity index (χ1v) is 13.0. The van der Waals surface area contributed by atoms with Crippen LogP contribution in [0.3, 0.4) is 0 Å². The number of ether oxygens (including phenoxy) is 2. The van der Waals surface area contributed by atoms with Crippen molar-refractivity contribution in [3.8, 4) is 11.5 Å². The number of carbonyl (C=O) groups is 3. The Labute approximate surface area is 199 Å². The van der Waals surface area contributed by atoms with Gasteiger partial charge in [-0.05, 0) is 43.2 Å². The van der Waals surface area contributed by atoms with E-state index in [1.165, 1.54) is 13.2 Å². The van der Waals surface area contributed by atoms with Crippen LogP contribution in [0.4, 0.5) is 5.69 Å². The first-order chi connectivity index (χ1) is 16.1. The van der Waals surface area contributed by atoms with Gasteiger partial charge in [-0.15, -0.1) is 0 Å². The minimum absolute atomic E-state index is 0.0500. The molecule has 9 nitrogen and oxygen atoms in total. The average molecular weight is 489 g/mol. The second kappa shape index (κ2) is 10.3. The fourth-order valence-electron chi connectivity index (χ4n) is 3.91. The van der Waals surface area contributed by atoms with Crippen LogP contribution in [0, 0.1) is 0 Å². The molecule has 0 saturated heterocycles. The van der Waals surface area contributed by atoms with Crippen molar-refractivity contribution in [3.63, 3.8) is 0 Å². The molecule has 1 N–H and O–H groups in total. The summed E-state index contributed by atoms with van der Waals surface area (Å²) in [6.45, 7) is 3.98. The van der Waals surface area contributed by atoms with Crippen LogP contribution in [0.1, 0.15) is 59.0 Å². The summed E-state index contributed by atoms with van der Waals surface area (Å²) in [6, 6.07) is 8.28. The van der Waals surface area contributed by atoms with E-state index in [0.717, 1.165) is 11.2 Å². The van der Waals surface area contributed by atoms with E-state index >= 15 is 0 Å². The lowest BCUT2D eigenvalue weighted by molar-refractivity contribution is -0.116. The van der Waals surface area contributed by atoms with Gasteiger partial charge in [-0.1, -0.05) is 19.1 Å². The summed E-state index contributed by atoms with van der Waals surface area (Å²) in [5.41, 5.74) is 0.783. The predicted octanol–water partition coefficient (Wildman–Crippen LogP) is 3.21. The SMILES string of the molecule is CCCC(=O)Nc1cccc2c1C(=O)N(C(CS(C)(=O)=O)c1ccc(OC)c(OCC)c1)C2=O. The summed E-state index contributed by atoms with van der Waals surface area (Å²) in [5.74, 6) is -1.26. The number of hydrogen-bond donors (Lipinski definition) is 1. The van der Waals surface area contributed by atoms with Crippen LogP contribution in [0.5, 0.6) is 11.5 Å². The van der Waals surface area contributed by atoms with Gasteiger partial charge in [0.15, 0.2) is 11.5 Å². The largest absolute Gasteiger partial charge is 0.493 e. The highest BCUT2D eigenvalue weighted by atomic mass is 32.2. The molecule has 182 valence electrons. The standard InChI is InChI=1S/C24H28N2O7S/c1-5-8-21(27)25-17-10-7-9-16-22(17)24(29)26(23(16)28)18(14-34(4,30)31)15-11-12-19(32-3)20(13-15)33-6-2/h7,9-13,18H,5-6,8,14H2,1-4H3,(H,25,27). The number of nitrogens with zero attached hydrogens (tertiary/aromatic N) is 1. The van der Waals surface area contributed by atoms with Gasteiger partial charge in [0.1, 0.15) is 9.84 Å². The molecular weight excluding hydrogens is 460 g/mol. The number of fused-ring (bicyclic) bond motifs is 1. The lowest BCUT2D eigenvalue weighted by atomic mass is 10.1. The second-order valence-corrected chi connectivity index (χ2v) is 10.1. The maximum atomic E-state index is 13.5. The Hall–Kier alpha value is -3.40. The number of anilines is 1. The van der Waals surface area contributed by atoms with E-state index in [0.29, 0.717) is 30.1 Å². The molecule has 0 aliphatic carbocycles. The Morgan fingerprint density at radius 1 is 1.09 bits per heavy atom. The molecule has 0 saturated carbocycles. The van der Waals surface area contributed by atoms with Crippen molar-refractivity contribution in [2.24, 2.45) is 0 Å². The molecule has 1 aliphatic rings. The molecule has 0 fully saturated rings. The van der Waals surface area contributed by atoms with Crippen molar-refractivity contribution in [2.45, 2.75) is 32.7 Å². The van der Waals surface area contributed by atoms with Crippen LogP contribution in [0.2, 0.25) is 0 Å². The predicted molar refractivity (Wildman–Crippen MR) is 127 cm³/mol. The van der Waals surface area contributed by atoms with Gasteiger partial charge in [-0.3, -0.25) is 19.3 Å². The van der Waals surface area contributed by atoms with Crippen LogP contribution < -0.4 is 14.8 Å². The number of methoxy groups -OCH3 is 1. The third kappa shape index (κ3) is 5.22. The van der Waals surface area contributed by atoms with E-state index in [1.54, 1.807) is 37.3 Å². The van der Waals surface area contributed by atoms with Crippen molar-refractivity contribution >= 4 is 33.2 Å². The molecule has 34 heavy (non-hydrogen) atoms. The van der Waals surface area contributed by atoms with Crippen molar-refractivity contribution < 1.29 is 32.3 Å². The molecule has 1 atom stereocenters. The van der Waals surface area contributed by atoms with E-state index in [9.17, 15) is 22.8 Å². The molecular formula is C24H28N2O7S. The molecule has 2 aromatic rings. The minimum Gasteiger partial charge on any atom is -0.493 e. The van der Waals surface area contributed by atoms with E-state index in [4.69, 9.17) is 9.47 Å². The fraction of sp³-hybridized carbons (Fsp3) is 0.375. The van der Waals surface area contributed by atoms with E-state index in [1.807, 2.05) is 6.92 Å². The lowest BCUT2D eigenvalue weighted by Crippen LogP contribution is -2.37. The summed E-state index contributed by atoms with van der Waals surface area (Å²) in [5, 5.41) is 2.69. The van der Waals surface area contributed by atoms with Crippen molar-refractivity contribution in [1.29, 1.82) is 0 Å². The number of rotatable bonds is 10. The van der Waals surface area contributed by atoms with Crippen LogP contribution in [0.15, 0.2) is 36.4 Å². The first-order valence-electron chi connectivity index (χ1n) is 10.9. The van der Waals surface area contributed by atoms with Gasteiger partial charge in [0.05, 0.1) is 42.3 Å². The first kappa shape index (κ1) is 25.2. The van der Waals surface area contributed by atoms with Crippen molar-refractivity contribution in [3.05, 3.63) is 53.1 Å². The van der Waals surface area contributed by atoms with Gasteiger partial charge in [0, 0.05) is 12.7 Å². The fourth-order valence-corrected chi connectivity index (χ4v) is 4.82. The maximum absolute atomic E-state index is 13.5. The average Bonchev–Trinajstić information content (AvgIpc) is 3.03. The third-order valence-corrected chi connectivity index (χ3v) is 6.26. The Morgan fingerprint density at radius 3 is 2.44 bits per heavy atom. The smallest absolute Gasteiger partial charge is 0.264 e. The molecule has 0 bridgehead atoms. The number of benzene rings is 2. The molecule has 0 aromatic heterocycles. The molecule has 10 heteroatoms. The van der Waals surface area contributed by atoms with Crippen LogP contribution in [-0.2, 0) is 14.6 Å². The monoisotopic (exact) mass is 488 g/mol. The highest BCUT2D eigenvalue weighted by Crippen LogP contribution is 2.38. The van der Waals surface area contributed by atoms with Crippen molar-refractivity contribution in [1.82, 2.24) is 4.90 Å². The maximum Gasteiger partial charge on any atom is 0.264 e.